The zero-order chi connectivity index (χ0) is 14.4. The van der Waals surface area contributed by atoms with Crippen LogP contribution in [0.5, 0.6) is 0 Å². The molecule has 2 rings (SSSR count). The van der Waals surface area contributed by atoms with Gasteiger partial charge in [0.1, 0.15) is 0 Å². The van der Waals surface area contributed by atoms with Gasteiger partial charge in [-0.1, -0.05) is 30.3 Å². The highest BCUT2D eigenvalue weighted by Crippen LogP contribution is 2.16. The van der Waals surface area contributed by atoms with E-state index in [4.69, 9.17) is 0 Å². The van der Waals surface area contributed by atoms with Crippen LogP contribution in [0.4, 0.5) is 0 Å². The maximum Gasteiger partial charge on any atom is 0.220 e. The van der Waals surface area contributed by atoms with Crippen LogP contribution in [-0.2, 0) is 11.2 Å². The van der Waals surface area contributed by atoms with Gasteiger partial charge in [0.05, 0.1) is 0 Å². The van der Waals surface area contributed by atoms with Gasteiger partial charge in [0.2, 0.25) is 5.91 Å². The molecule has 118 valence electrons. The lowest BCUT2D eigenvalue weighted by Crippen LogP contribution is -2.44. The first-order chi connectivity index (χ1) is 9.55. The zero-order valence-corrected chi connectivity index (χ0v) is 13.8. The molecule has 0 aromatic heterocycles. The first-order valence-corrected chi connectivity index (χ1v) is 7.61. The molecule has 1 aromatic rings. The molecule has 0 aliphatic carbocycles. The lowest BCUT2D eigenvalue weighted by Gasteiger charge is -2.27. The quantitative estimate of drug-likeness (QED) is 0.848. The van der Waals surface area contributed by atoms with Crippen molar-refractivity contribution in [1.29, 1.82) is 0 Å². The number of nitrogens with one attached hydrogen (secondary N) is 2. The van der Waals surface area contributed by atoms with Crippen LogP contribution in [-0.4, -0.2) is 24.5 Å². The average Bonchev–Trinajstić information content (AvgIpc) is 2.90. The van der Waals surface area contributed by atoms with Crippen molar-refractivity contribution in [2.75, 3.05) is 13.1 Å². The SMILES string of the molecule is CC(C)(CCc1ccccc1)NC(=O)CC1CCNC1.Cl. The molecule has 4 heteroatoms. The highest BCUT2D eigenvalue weighted by Gasteiger charge is 2.23. The minimum Gasteiger partial charge on any atom is -0.351 e. The molecule has 2 N–H and O–H groups in total. The summed E-state index contributed by atoms with van der Waals surface area (Å²) in [5.41, 5.74) is 1.19. The number of rotatable bonds is 6. The molecule has 0 radical (unpaired) electrons. The van der Waals surface area contributed by atoms with E-state index >= 15 is 0 Å². The summed E-state index contributed by atoms with van der Waals surface area (Å²) in [5, 5.41) is 6.49. The Balaban J connectivity index is 0.00000220. The van der Waals surface area contributed by atoms with Crippen LogP contribution in [0.15, 0.2) is 30.3 Å². The monoisotopic (exact) mass is 310 g/mol. The molecule has 0 bridgehead atoms. The molecule has 1 saturated heterocycles. The summed E-state index contributed by atoms with van der Waals surface area (Å²) in [5.74, 6) is 0.705. The molecule has 1 aliphatic rings. The third-order valence-corrected chi connectivity index (χ3v) is 4.00. The van der Waals surface area contributed by atoms with Gasteiger partial charge in [0, 0.05) is 12.0 Å². The van der Waals surface area contributed by atoms with Crippen LogP contribution in [0.2, 0.25) is 0 Å². The number of carbonyl (C=O) groups is 1. The van der Waals surface area contributed by atoms with Gasteiger partial charge in [-0.25, -0.2) is 0 Å². The summed E-state index contributed by atoms with van der Waals surface area (Å²) in [6.45, 7) is 6.26. The summed E-state index contributed by atoms with van der Waals surface area (Å²) in [7, 11) is 0. The summed E-state index contributed by atoms with van der Waals surface area (Å²) >= 11 is 0. The molecule has 1 amide bonds. The average molecular weight is 311 g/mol. The summed E-state index contributed by atoms with van der Waals surface area (Å²) in [6.07, 6.45) is 3.74. The number of aryl methyl sites for hydroxylation is 1. The predicted octanol–water partition coefficient (Wildman–Crippen LogP) is 2.94. The Labute approximate surface area is 134 Å². The van der Waals surface area contributed by atoms with Crippen molar-refractivity contribution in [2.24, 2.45) is 5.92 Å². The summed E-state index contributed by atoms with van der Waals surface area (Å²) in [6, 6.07) is 10.4. The topological polar surface area (TPSA) is 41.1 Å². The van der Waals surface area contributed by atoms with Crippen LogP contribution in [0.25, 0.3) is 0 Å². The molecule has 1 heterocycles. The molecule has 3 nitrogen and oxygen atoms in total. The van der Waals surface area contributed by atoms with Gasteiger partial charge in [-0.15, -0.1) is 12.4 Å². The summed E-state index contributed by atoms with van der Waals surface area (Å²) in [4.78, 5) is 12.1. The van der Waals surface area contributed by atoms with Gasteiger partial charge in [-0.05, 0) is 57.7 Å². The van der Waals surface area contributed by atoms with Gasteiger partial charge >= 0.3 is 0 Å². The van der Waals surface area contributed by atoms with E-state index in [1.54, 1.807) is 0 Å². The Morgan fingerprint density at radius 1 is 1.33 bits per heavy atom. The van der Waals surface area contributed by atoms with E-state index < -0.39 is 0 Å². The molecule has 0 spiro atoms. The highest BCUT2D eigenvalue weighted by atomic mass is 35.5. The lowest BCUT2D eigenvalue weighted by atomic mass is 9.94. The molecular weight excluding hydrogens is 284 g/mol. The summed E-state index contributed by atoms with van der Waals surface area (Å²) < 4.78 is 0. The van der Waals surface area contributed by atoms with Crippen LogP contribution in [0.1, 0.15) is 38.7 Å². The Hall–Kier alpha value is -1.06. The van der Waals surface area contributed by atoms with Gasteiger partial charge in [0.15, 0.2) is 0 Å². The fourth-order valence-electron chi connectivity index (χ4n) is 2.74. The second-order valence-electron chi connectivity index (χ2n) is 6.48. The Bertz CT molecular complexity index is 428. The van der Waals surface area contributed by atoms with E-state index in [0.29, 0.717) is 12.3 Å². The minimum atomic E-state index is -0.140. The predicted molar refractivity (Wildman–Crippen MR) is 89.8 cm³/mol. The Morgan fingerprint density at radius 3 is 2.67 bits per heavy atom. The maximum atomic E-state index is 12.1. The fraction of sp³-hybridized carbons (Fsp3) is 0.588. The standard InChI is InChI=1S/C17H26N2O.ClH/c1-17(2,10-8-14-6-4-3-5-7-14)19-16(20)12-15-9-11-18-13-15;/h3-7,15,18H,8-13H2,1-2H3,(H,19,20);1H. The van der Waals surface area contributed by atoms with Crippen LogP contribution in [0.3, 0.4) is 0 Å². The zero-order valence-electron chi connectivity index (χ0n) is 13.0. The normalized spacial score (nSPS) is 18.1. The molecule has 1 unspecified atom stereocenters. The van der Waals surface area contributed by atoms with Crippen LogP contribution >= 0.6 is 12.4 Å². The van der Waals surface area contributed by atoms with Crippen molar-refractivity contribution < 1.29 is 4.79 Å². The van der Waals surface area contributed by atoms with Gasteiger partial charge in [-0.2, -0.15) is 0 Å². The Kier molecular flexibility index (Phi) is 7.20. The van der Waals surface area contributed by atoms with E-state index in [1.165, 1.54) is 5.56 Å². The number of benzene rings is 1. The van der Waals surface area contributed by atoms with Crippen LogP contribution in [0, 0.1) is 5.92 Å². The highest BCUT2D eigenvalue weighted by molar-refractivity contribution is 5.85. The van der Waals surface area contributed by atoms with Crippen LogP contribution < -0.4 is 10.6 Å². The molecule has 0 saturated carbocycles. The van der Waals surface area contributed by atoms with Gasteiger partial charge in [0.25, 0.3) is 0 Å². The number of hydrogen-bond donors (Lipinski definition) is 2. The van der Waals surface area contributed by atoms with E-state index in [0.717, 1.165) is 32.4 Å². The van der Waals surface area contributed by atoms with Crippen molar-refractivity contribution in [1.82, 2.24) is 10.6 Å². The number of halogens is 1. The van der Waals surface area contributed by atoms with Crippen molar-refractivity contribution in [2.45, 2.75) is 45.1 Å². The van der Waals surface area contributed by atoms with Gasteiger partial charge < -0.3 is 10.6 Å². The van der Waals surface area contributed by atoms with Crippen molar-refractivity contribution in [3.8, 4) is 0 Å². The maximum absolute atomic E-state index is 12.1. The molecule has 21 heavy (non-hydrogen) atoms. The Morgan fingerprint density at radius 2 is 2.05 bits per heavy atom. The van der Waals surface area contributed by atoms with E-state index in [9.17, 15) is 4.79 Å². The largest absolute Gasteiger partial charge is 0.351 e. The third-order valence-electron chi connectivity index (χ3n) is 4.00. The molecule has 1 aromatic carbocycles. The first-order valence-electron chi connectivity index (χ1n) is 7.61. The van der Waals surface area contributed by atoms with Crippen molar-refractivity contribution in [3.63, 3.8) is 0 Å². The fourth-order valence-corrected chi connectivity index (χ4v) is 2.74. The number of hydrogen-bond acceptors (Lipinski definition) is 2. The van der Waals surface area contributed by atoms with E-state index in [-0.39, 0.29) is 23.9 Å². The molecule has 1 aliphatic heterocycles. The first kappa shape index (κ1) is 18.0. The van der Waals surface area contributed by atoms with E-state index in [1.807, 2.05) is 6.07 Å². The van der Waals surface area contributed by atoms with Gasteiger partial charge in [-0.3, -0.25) is 4.79 Å². The third kappa shape index (κ3) is 6.49. The van der Waals surface area contributed by atoms with Crippen molar-refractivity contribution >= 4 is 18.3 Å². The van der Waals surface area contributed by atoms with E-state index in [2.05, 4.69) is 48.7 Å². The number of amides is 1. The lowest BCUT2D eigenvalue weighted by molar-refractivity contribution is -0.123. The second-order valence-corrected chi connectivity index (χ2v) is 6.48. The molecule has 1 atom stereocenters. The number of carbonyl (C=O) groups excluding carboxylic acids is 1. The smallest absolute Gasteiger partial charge is 0.220 e. The minimum absolute atomic E-state index is 0. The molecular formula is C17H27ClN2O. The van der Waals surface area contributed by atoms with Crippen molar-refractivity contribution in [3.05, 3.63) is 35.9 Å². The molecule has 1 fully saturated rings. The second kappa shape index (κ2) is 8.40.